The van der Waals surface area contributed by atoms with Crippen LogP contribution < -0.4 is 0 Å². The number of hydrogen-bond donors (Lipinski definition) is 1. The lowest BCUT2D eigenvalue weighted by Crippen LogP contribution is -2.46. The minimum absolute atomic E-state index is 0.462. The Labute approximate surface area is 65.7 Å². The van der Waals surface area contributed by atoms with Gasteiger partial charge in [0.15, 0.2) is 0 Å². The second-order valence-corrected chi connectivity index (χ2v) is 4.75. The zero-order valence-corrected chi connectivity index (χ0v) is 8.55. The van der Waals surface area contributed by atoms with Crippen molar-refractivity contribution in [3.05, 3.63) is 0 Å². The van der Waals surface area contributed by atoms with Crippen LogP contribution in [-0.4, -0.2) is 30.6 Å². The Morgan fingerprint density at radius 2 is 1.40 bits per heavy atom. The molecule has 0 spiro atoms. The summed E-state index contributed by atoms with van der Waals surface area (Å²) in [6.45, 7) is 10.4. The van der Waals surface area contributed by atoms with Crippen LogP contribution in [0.3, 0.4) is 0 Å². The first-order valence-electron chi connectivity index (χ1n) is 3.77. The third-order valence-electron chi connectivity index (χ3n) is 1.49. The normalized spacial score (nSPS) is 11.7. The first kappa shape index (κ1) is 10.1. The highest BCUT2D eigenvalue weighted by Crippen LogP contribution is 2.05. The Balaban J connectivity index is 3.98. The highest BCUT2D eigenvalue weighted by Gasteiger charge is 2.33. The molecule has 60 valence electrons. The van der Waals surface area contributed by atoms with Gasteiger partial charge in [0.25, 0.3) is 0 Å². The lowest BCUT2D eigenvalue weighted by atomic mass is 10.3. The zero-order valence-electron chi connectivity index (χ0n) is 7.55. The molecule has 0 unspecified atom stereocenters. The monoisotopic (exact) mass is 160 g/mol. The molecule has 0 aromatic carbocycles. The average Bonchev–Trinajstić information content (AvgIpc) is 1.59. The van der Waals surface area contributed by atoms with Crippen LogP contribution in [0.5, 0.6) is 0 Å². The summed E-state index contributed by atoms with van der Waals surface area (Å²) >= 11 is 0. The number of rotatable bonds is 3. The van der Waals surface area contributed by atoms with E-state index in [9.17, 15) is 4.80 Å². The topological polar surface area (TPSA) is 23.5 Å². The SMILES string of the molecule is CC(C)N(C(C)C)[Si+](C)O. The van der Waals surface area contributed by atoms with Crippen molar-refractivity contribution in [2.24, 2.45) is 0 Å². The Morgan fingerprint density at radius 1 is 1.10 bits per heavy atom. The third-order valence-corrected chi connectivity index (χ3v) is 3.27. The maximum atomic E-state index is 9.38. The van der Waals surface area contributed by atoms with Crippen molar-refractivity contribution in [3.63, 3.8) is 0 Å². The van der Waals surface area contributed by atoms with Gasteiger partial charge in [-0.3, -0.25) is 0 Å². The molecule has 0 heterocycles. The molecule has 0 amide bonds. The van der Waals surface area contributed by atoms with Crippen molar-refractivity contribution in [2.45, 2.75) is 46.3 Å². The fraction of sp³-hybridized carbons (Fsp3) is 1.00. The quantitative estimate of drug-likeness (QED) is 0.627. The summed E-state index contributed by atoms with van der Waals surface area (Å²) in [5.74, 6) is 0. The van der Waals surface area contributed by atoms with Gasteiger partial charge in [-0.05, 0) is 27.7 Å². The fourth-order valence-corrected chi connectivity index (χ4v) is 2.84. The lowest BCUT2D eigenvalue weighted by Gasteiger charge is -2.21. The molecule has 0 radical (unpaired) electrons. The van der Waals surface area contributed by atoms with Gasteiger partial charge in [0.2, 0.25) is 0 Å². The summed E-state index contributed by atoms with van der Waals surface area (Å²) in [6.07, 6.45) is 0. The molecule has 0 aromatic heterocycles. The molecule has 0 atom stereocenters. The second-order valence-electron chi connectivity index (χ2n) is 3.14. The van der Waals surface area contributed by atoms with Crippen LogP contribution in [-0.2, 0) is 0 Å². The van der Waals surface area contributed by atoms with Crippen molar-refractivity contribution >= 4 is 9.20 Å². The Bertz CT molecular complexity index is 74.6. The van der Waals surface area contributed by atoms with Crippen LogP contribution in [0.1, 0.15) is 27.7 Å². The first-order chi connectivity index (χ1) is 4.46. The van der Waals surface area contributed by atoms with Crippen molar-refractivity contribution in [2.75, 3.05) is 0 Å². The highest BCUT2D eigenvalue weighted by atomic mass is 28.3. The molecule has 2 nitrogen and oxygen atoms in total. The summed E-state index contributed by atoms with van der Waals surface area (Å²) in [5.41, 5.74) is 0. The summed E-state index contributed by atoms with van der Waals surface area (Å²) < 4.78 is 2.16. The Morgan fingerprint density at radius 3 is 1.40 bits per heavy atom. The van der Waals surface area contributed by atoms with E-state index in [4.69, 9.17) is 0 Å². The zero-order chi connectivity index (χ0) is 8.31. The van der Waals surface area contributed by atoms with Gasteiger partial charge in [0, 0.05) is 12.1 Å². The fourth-order valence-electron chi connectivity index (χ4n) is 1.34. The van der Waals surface area contributed by atoms with Crippen LogP contribution in [0.2, 0.25) is 6.55 Å². The predicted octanol–water partition coefficient (Wildman–Crippen LogP) is 1.22. The maximum absolute atomic E-state index is 9.38. The molecular formula is C7H18NOSi+. The van der Waals surface area contributed by atoms with Gasteiger partial charge >= 0.3 is 9.20 Å². The van der Waals surface area contributed by atoms with Gasteiger partial charge in [0.1, 0.15) is 0 Å². The average molecular weight is 160 g/mol. The Hall–Kier alpha value is 0.137. The molecule has 0 aromatic rings. The summed E-state index contributed by atoms with van der Waals surface area (Å²) in [4.78, 5) is 9.38. The molecule has 0 saturated heterocycles. The number of hydrogen-bond acceptors (Lipinski definition) is 2. The van der Waals surface area contributed by atoms with E-state index < -0.39 is 9.20 Å². The van der Waals surface area contributed by atoms with Gasteiger partial charge in [0.05, 0.1) is 6.55 Å². The van der Waals surface area contributed by atoms with Crippen molar-refractivity contribution < 1.29 is 4.80 Å². The van der Waals surface area contributed by atoms with Crippen molar-refractivity contribution in [1.29, 1.82) is 0 Å². The van der Waals surface area contributed by atoms with E-state index >= 15 is 0 Å². The third kappa shape index (κ3) is 2.81. The van der Waals surface area contributed by atoms with Gasteiger partial charge in [-0.1, -0.05) is 0 Å². The van der Waals surface area contributed by atoms with Crippen LogP contribution in [0, 0.1) is 0 Å². The van der Waals surface area contributed by atoms with E-state index in [1.165, 1.54) is 0 Å². The van der Waals surface area contributed by atoms with Gasteiger partial charge in [-0.15, -0.1) is 0 Å². The predicted molar refractivity (Wildman–Crippen MR) is 45.9 cm³/mol. The van der Waals surface area contributed by atoms with Crippen molar-refractivity contribution in [3.8, 4) is 0 Å². The van der Waals surface area contributed by atoms with Crippen LogP contribution >= 0.6 is 0 Å². The smallest absolute Gasteiger partial charge is 0.231 e. The molecule has 0 bridgehead atoms. The van der Waals surface area contributed by atoms with E-state index in [1.807, 2.05) is 6.55 Å². The van der Waals surface area contributed by atoms with E-state index in [2.05, 4.69) is 32.3 Å². The van der Waals surface area contributed by atoms with Crippen LogP contribution in [0.25, 0.3) is 0 Å². The largest absolute Gasteiger partial charge is 0.565 e. The molecule has 0 fully saturated rings. The molecule has 0 aliphatic carbocycles. The summed E-state index contributed by atoms with van der Waals surface area (Å²) in [6, 6.07) is 0.924. The van der Waals surface area contributed by atoms with E-state index in [0.717, 1.165) is 0 Å². The molecule has 1 N–H and O–H groups in total. The first-order valence-corrected chi connectivity index (χ1v) is 5.67. The van der Waals surface area contributed by atoms with Gasteiger partial charge in [-0.2, -0.15) is 4.57 Å². The molecule has 3 heteroatoms. The molecule has 0 aliphatic heterocycles. The minimum Gasteiger partial charge on any atom is -0.231 e. The second kappa shape index (κ2) is 4.11. The Kier molecular flexibility index (Phi) is 4.16. The van der Waals surface area contributed by atoms with Gasteiger partial charge < -0.3 is 0 Å². The summed E-state index contributed by atoms with van der Waals surface area (Å²) in [5, 5.41) is 0. The maximum Gasteiger partial charge on any atom is 0.565 e. The highest BCUT2D eigenvalue weighted by molar-refractivity contribution is 6.45. The standard InChI is InChI=1S/C7H18NOSi/c1-6(2)8(7(3)4)10(5)9/h6-7,9H,1-5H3/q+1. The van der Waals surface area contributed by atoms with E-state index in [-0.39, 0.29) is 0 Å². The molecular weight excluding hydrogens is 142 g/mol. The molecule has 10 heavy (non-hydrogen) atoms. The van der Waals surface area contributed by atoms with E-state index in [0.29, 0.717) is 12.1 Å². The van der Waals surface area contributed by atoms with Gasteiger partial charge in [-0.25, -0.2) is 4.80 Å². The molecule has 0 saturated carbocycles. The van der Waals surface area contributed by atoms with Crippen LogP contribution in [0.4, 0.5) is 0 Å². The molecule has 0 rings (SSSR count). The number of nitrogens with zero attached hydrogens (tertiary/aromatic N) is 1. The van der Waals surface area contributed by atoms with Crippen LogP contribution in [0.15, 0.2) is 0 Å². The summed E-state index contributed by atoms with van der Waals surface area (Å²) in [7, 11) is -1.24. The molecule has 0 aliphatic rings. The lowest BCUT2D eigenvalue weighted by molar-refractivity contribution is 0.266. The van der Waals surface area contributed by atoms with Crippen molar-refractivity contribution in [1.82, 2.24) is 4.57 Å². The minimum atomic E-state index is -1.24. The van der Waals surface area contributed by atoms with E-state index in [1.54, 1.807) is 0 Å².